The van der Waals surface area contributed by atoms with Crippen LogP contribution in [0.2, 0.25) is 0 Å². The lowest BCUT2D eigenvalue weighted by Gasteiger charge is -2.39. The van der Waals surface area contributed by atoms with Crippen LogP contribution in [0.1, 0.15) is 62.9 Å². The van der Waals surface area contributed by atoms with Crippen molar-refractivity contribution in [1.82, 2.24) is 24.9 Å². The van der Waals surface area contributed by atoms with E-state index in [0.717, 1.165) is 40.7 Å². The molecule has 1 unspecified atom stereocenters. The zero-order chi connectivity index (χ0) is 29.1. The Morgan fingerprint density at radius 3 is 2.59 bits per heavy atom. The van der Waals surface area contributed by atoms with Crippen molar-refractivity contribution >= 4 is 45.7 Å². The average Bonchev–Trinajstić information content (AvgIpc) is 3.52. The minimum atomic E-state index is -0.559. The van der Waals surface area contributed by atoms with Crippen molar-refractivity contribution < 1.29 is 14.4 Å². The number of nitrogens with one attached hydrogen (secondary N) is 2. The maximum Gasteiger partial charge on any atom is 0.320 e. The number of hydrogen-bond donors (Lipinski definition) is 2. The standard InChI is InChI=1S/C31H37N7O3/c1-19-9-11-26(28(39)33-19)38-25-12-10-24(22-7-6-8-23(27(22)25)29(38)40)34-20-17-32-37(18-20)21-13-15-36(16-14-21)30(41)35(5)31(2,3)4/h6-8,10,12,17-18,21,26,34H,1,9,11,13-16H2,2-5H3,(H,33,39). The normalized spacial score (nSPS) is 19.6. The molecule has 1 aromatic heterocycles. The maximum atomic E-state index is 13.5. The van der Waals surface area contributed by atoms with E-state index >= 15 is 0 Å². The molecule has 2 saturated heterocycles. The Bertz CT molecular complexity index is 1560. The van der Waals surface area contributed by atoms with Crippen LogP contribution in [-0.4, -0.2) is 69.1 Å². The van der Waals surface area contributed by atoms with Crippen LogP contribution >= 0.6 is 0 Å². The van der Waals surface area contributed by atoms with E-state index in [-0.39, 0.29) is 29.4 Å². The first kappa shape index (κ1) is 26.9. The van der Waals surface area contributed by atoms with E-state index in [4.69, 9.17) is 0 Å². The summed E-state index contributed by atoms with van der Waals surface area (Å²) in [6.07, 6.45) is 6.68. The number of carbonyl (C=O) groups is 3. The molecule has 0 radical (unpaired) electrons. The summed E-state index contributed by atoms with van der Waals surface area (Å²) in [5.74, 6) is -0.344. The second-order valence-corrected chi connectivity index (χ2v) is 12.2. The van der Waals surface area contributed by atoms with Gasteiger partial charge in [-0.2, -0.15) is 5.10 Å². The average molecular weight is 556 g/mol. The lowest BCUT2D eigenvalue weighted by atomic mass is 10.0. The van der Waals surface area contributed by atoms with Crippen molar-refractivity contribution in [1.29, 1.82) is 0 Å². The molecule has 3 aromatic rings. The maximum absolute atomic E-state index is 13.5. The van der Waals surface area contributed by atoms with Gasteiger partial charge in [-0.25, -0.2) is 4.79 Å². The van der Waals surface area contributed by atoms with Gasteiger partial charge in [0, 0.05) is 59.6 Å². The minimum Gasteiger partial charge on any atom is -0.352 e. The third-order valence-corrected chi connectivity index (χ3v) is 8.64. The number of likely N-dealkylation sites (tertiary alicyclic amines) is 1. The predicted octanol–water partition coefficient (Wildman–Crippen LogP) is 5.02. The van der Waals surface area contributed by atoms with Gasteiger partial charge >= 0.3 is 6.03 Å². The van der Waals surface area contributed by atoms with Crippen LogP contribution in [0.15, 0.2) is 55.0 Å². The molecule has 10 nitrogen and oxygen atoms in total. The van der Waals surface area contributed by atoms with Crippen molar-refractivity contribution in [2.24, 2.45) is 0 Å². The summed E-state index contributed by atoms with van der Waals surface area (Å²) >= 11 is 0. The van der Waals surface area contributed by atoms with Crippen molar-refractivity contribution in [3.63, 3.8) is 0 Å². The first-order chi connectivity index (χ1) is 19.5. The summed E-state index contributed by atoms with van der Waals surface area (Å²) < 4.78 is 1.98. The van der Waals surface area contributed by atoms with Gasteiger partial charge in [-0.1, -0.05) is 18.7 Å². The van der Waals surface area contributed by atoms with Crippen LogP contribution in [0.5, 0.6) is 0 Å². The molecule has 0 saturated carbocycles. The smallest absolute Gasteiger partial charge is 0.320 e. The monoisotopic (exact) mass is 555 g/mol. The number of rotatable bonds is 4. The summed E-state index contributed by atoms with van der Waals surface area (Å²) in [4.78, 5) is 44.5. The zero-order valence-electron chi connectivity index (χ0n) is 24.1. The number of urea groups is 1. The van der Waals surface area contributed by atoms with Crippen LogP contribution in [0.25, 0.3) is 10.8 Å². The SMILES string of the molecule is C=C1CCC(N2C(=O)c3cccc4c(Nc5cnn(C6CCN(C(=O)N(C)C(C)(C)C)CC6)c5)ccc2c34)C(=O)N1. The molecule has 2 N–H and O–H groups in total. The zero-order valence-corrected chi connectivity index (χ0v) is 24.1. The summed E-state index contributed by atoms with van der Waals surface area (Å²) in [7, 11) is 1.86. The van der Waals surface area contributed by atoms with Crippen molar-refractivity contribution in [3.8, 4) is 0 Å². The van der Waals surface area contributed by atoms with Crippen LogP contribution in [-0.2, 0) is 4.79 Å². The predicted molar refractivity (Wildman–Crippen MR) is 159 cm³/mol. The van der Waals surface area contributed by atoms with E-state index in [1.165, 1.54) is 0 Å². The van der Waals surface area contributed by atoms with Crippen LogP contribution in [0, 0.1) is 0 Å². The Labute approximate surface area is 240 Å². The first-order valence-corrected chi connectivity index (χ1v) is 14.2. The molecule has 6 rings (SSSR count). The number of piperidine rings is 2. The number of carbonyl (C=O) groups excluding carboxylic acids is 3. The fourth-order valence-corrected chi connectivity index (χ4v) is 6.01. The van der Waals surface area contributed by atoms with E-state index in [9.17, 15) is 14.4 Å². The van der Waals surface area contributed by atoms with E-state index < -0.39 is 6.04 Å². The van der Waals surface area contributed by atoms with E-state index in [2.05, 4.69) is 22.3 Å². The fourth-order valence-electron chi connectivity index (χ4n) is 6.01. The van der Waals surface area contributed by atoms with Crippen LogP contribution < -0.4 is 15.5 Å². The Kier molecular flexibility index (Phi) is 6.51. The Morgan fingerprint density at radius 2 is 1.88 bits per heavy atom. The van der Waals surface area contributed by atoms with Gasteiger partial charge in [0.15, 0.2) is 0 Å². The summed E-state index contributed by atoms with van der Waals surface area (Å²) in [6.45, 7) is 11.4. The number of amides is 4. The highest BCUT2D eigenvalue weighted by Crippen LogP contribution is 2.43. The summed E-state index contributed by atoms with van der Waals surface area (Å²) in [5, 5.41) is 12.7. The van der Waals surface area contributed by atoms with Crippen molar-refractivity contribution in [2.45, 2.75) is 64.1 Å². The molecule has 2 aromatic carbocycles. The highest BCUT2D eigenvalue weighted by molar-refractivity contribution is 6.28. The summed E-state index contributed by atoms with van der Waals surface area (Å²) in [5.41, 5.74) is 3.55. The molecular formula is C31H37N7O3. The second kappa shape index (κ2) is 9.94. The number of nitrogens with zero attached hydrogens (tertiary/aromatic N) is 5. The molecule has 0 aliphatic carbocycles. The molecule has 1 atom stereocenters. The van der Waals surface area contributed by atoms with Gasteiger partial charge < -0.3 is 20.4 Å². The Hall–Kier alpha value is -4.34. The molecule has 0 bridgehead atoms. The van der Waals surface area contributed by atoms with E-state index in [0.29, 0.717) is 37.2 Å². The minimum absolute atomic E-state index is 0.0671. The number of allylic oxidation sites excluding steroid dienone is 1. The van der Waals surface area contributed by atoms with Crippen LogP contribution in [0.3, 0.4) is 0 Å². The van der Waals surface area contributed by atoms with Gasteiger partial charge in [0.2, 0.25) is 5.91 Å². The van der Waals surface area contributed by atoms with E-state index in [1.54, 1.807) is 9.80 Å². The Balaban J connectivity index is 1.18. The topological polar surface area (TPSA) is 103 Å². The first-order valence-electron chi connectivity index (χ1n) is 14.2. The van der Waals surface area contributed by atoms with Crippen molar-refractivity contribution in [2.75, 3.05) is 30.4 Å². The van der Waals surface area contributed by atoms with Gasteiger partial charge in [0.05, 0.1) is 23.6 Å². The summed E-state index contributed by atoms with van der Waals surface area (Å²) in [6, 6.07) is 9.30. The molecular weight excluding hydrogens is 518 g/mol. The number of anilines is 3. The molecule has 3 aliphatic rings. The largest absolute Gasteiger partial charge is 0.352 e. The number of benzene rings is 2. The van der Waals surface area contributed by atoms with Gasteiger partial charge in [-0.15, -0.1) is 0 Å². The quantitative estimate of drug-likeness (QED) is 0.471. The molecule has 0 spiro atoms. The van der Waals surface area contributed by atoms with Gasteiger partial charge in [-0.3, -0.25) is 19.2 Å². The highest BCUT2D eigenvalue weighted by Gasteiger charge is 2.40. The molecule has 2 fully saturated rings. The number of aromatic nitrogens is 2. The molecule has 4 heterocycles. The fraction of sp³-hybridized carbons (Fsp3) is 0.419. The lowest BCUT2D eigenvalue weighted by molar-refractivity contribution is -0.122. The molecule has 41 heavy (non-hydrogen) atoms. The third-order valence-electron chi connectivity index (χ3n) is 8.64. The van der Waals surface area contributed by atoms with Gasteiger partial charge in [0.1, 0.15) is 6.04 Å². The third kappa shape index (κ3) is 4.71. The molecule has 3 aliphatic heterocycles. The molecule has 4 amide bonds. The second-order valence-electron chi connectivity index (χ2n) is 12.2. The highest BCUT2D eigenvalue weighted by atomic mass is 16.2. The van der Waals surface area contributed by atoms with Gasteiger partial charge in [-0.05, 0) is 64.7 Å². The molecule has 214 valence electrons. The van der Waals surface area contributed by atoms with Crippen LogP contribution in [0.4, 0.5) is 21.9 Å². The van der Waals surface area contributed by atoms with E-state index in [1.807, 2.05) is 80.1 Å². The molecule has 10 heteroatoms. The lowest BCUT2D eigenvalue weighted by Crippen LogP contribution is -2.51. The van der Waals surface area contributed by atoms with Gasteiger partial charge in [0.25, 0.3) is 5.91 Å². The number of hydrogen-bond acceptors (Lipinski definition) is 5. The Morgan fingerprint density at radius 1 is 1.12 bits per heavy atom. The van der Waals surface area contributed by atoms with Crippen molar-refractivity contribution in [3.05, 3.63) is 60.6 Å².